The summed E-state index contributed by atoms with van der Waals surface area (Å²) in [5, 5.41) is 3.35. The third-order valence-electron chi connectivity index (χ3n) is 2.58. The number of hydrogen-bond donors (Lipinski definition) is 3. The second-order valence-corrected chi connectivity index (χ2v) is 4.72. The Hall–Kier alpha value is -1.39. The summed E-state index contributed by atoms with van der Waals surface area (Å²) in [6.45, 7) is 0.666. The van der Waals surface area contributed by atoms with Crippen LogP contribution in [0.1, 0.15) is 23.6 Å². The maximum absolute atomic E-state index is 8.74. The van der Waals surface area contributed by atoms with Crippen molar-refractivity contribution in [3.63, 3.8) is 0 Å². The van der Waals surface area contributed by atoms with Crippen molar-refractivity contribution < 1.29 is 17.5 Å². The van der Waals surface area contributed by atoms with Gasteiger partial charge in [-0.2, -0.15) is 8.42 Å². The normalized spacial score (nSPS) is 17.3. The maximum atomic E-state index is 8.74. The minimum Gasteiger partial charge on any atom is -0.299 e. The zero-order valence-corrected chi connectivity index (χ0v) is 10.5. The summed E-state index contributed by atoms with van der Waals surface area (Å²) >= 11 is 0. The predicted octanol–water partition coefficient (Wildman–Crippen LogP) is 1.24. The lowest BCUT2D eigenvalue weighted by molar-refractivity contribution is 0.381. The largest absolute Gasteiger partial charge is 0.394 e. The Kier molecular flexibility index (Phi) is 5.31. The number of aryl methyl sites for hydroxylation is 1. The highest BCUT2D eigenvalue weighted by Crippen LogP contribution is 2.30. The first-order chi connectivity index (χ1) is 8.42. The third-order valence-corrected chi connectivity index (χ3v) is 2.58. The number of hydrogen-bond acceptors (Lipinski definition) is 3. The smallest absolute Gasteiger partial charge is 0.299 e. The summed E-state index contributed by atoms with van der Waals surface area (Å²) in [6, 6.07) is 9.06. The number of fused-ring (bicyclic) bond motifs is 1. The second kappa shape index (κ2) is 6.52. The summed E-state index contributed by atoms with van der Waals surface area (Å²) < 4.78 is 31.6. The maximum Gasteiger partial charge on any atom is 0.394 e. The van der Waals surface area contributed by atoms with Crippen molar-refractivity contribution in [2.75, 3.05) is 6.54 Å². The summed E-state index contributed by atoms with van der Waals surface area (Å²) in [5.74, 6) is 2.61. The summed E-state index contributed by atoms with van der Waals surface area (Å²) in [6.07, 6.45) is 7.57. The molecule has 2 rings (SSSR count). The first-order valence-corrected chi connectivity index (χ1v) is 6.76. The SMILES string of the molecule is C#CCN[C@@H]1CCc2ccccc21.O=S(=O)(O)O. The van der Waals surface area contributed by atoms with Gasteiger partial charge in [-0.15, -0.1) is 6.42 Å². The Morgan fingerprint density at radius 3 is 2.61 bits per heavy atom. The van der Waals surface area contributed by atoms with E-state index < -0.39 is 10.4 Å². The molecule has 1 aliphatic rings. The van der Waals surface area contributed by atoms with E-state index in [0.29, 0.717) is 12.6 Å². The fourth-order valence-corrected chi connectivity index (χ4v) is 1.95. The van der Waals surface area contributed by atoms with Crippen molar-refractivity contribution in [1.82, 2.24) is 5.32 Å². The molecule has 0 bridgehead atoms. The molecule has 1 atom stereocenters. The summed E-state index contributed by atoms with van der Waals surface area (Å²) in [5.41, 5.74) is 2.90. The van der Waals surface area contributed by atoms with E-state index in [1.807, 2.05) is 0 Å². The highest BCUT2D eigenvalue weighted by molar-refractivity contribution is 7.79. The number of terminal acetylenes is 1. The van der Waals surface area contributed by atoms with Crippen LogP contribution in [-0.4, -0.2) is 24.1 Å². The zero-order valence-electron chi connectivity index (χ0n) is 9.70. The molecule has 0 radical (unpaired) electrons. The average molecular weight is 269 g/mol. The molecule has 1 aromatic rings. The van der Waals surface area contributed by atoms with Crippen LogP contribution in [0.15, 0.2) is 24.3 Å². The van der Waals surface area contributed by atoms with Gasteiger partial charge in [-0.05, 0) is 24.0 Å². The van der Waals surface area contributed by atoms with Crippen LogP contribution < -0.4 is 5.32 Å². The molecule has 0 unspecified atom stereocenters. The molecule has 0 saturated heterocycles. The Morgan fingerprint density at radius 1 is 1.39 bits per heavy atom. The van der Waals surface area contributed by atoms with Crippen LogP contribution in [-0.2, 0) is 16.8 Å². The van der Waals surface area contributed by atoms with Crippen molar-refractivity contribution in [1.29, 1.82) is 0 Å². The van der Waals surface area contributed by atoms with Crippen LogP contribution in [0.3, 0.4) is 0 Å². The van der Waals surface area contributed by atoms with E-state index in [1.165, 1.54) is 24.0 Å². The highest BCUT2D eigenvalue weighted by atomic mass is 32.3. The van der Waals surface area contributed by atoms with Crippen LogP contribution in [0.4, 0.5) is 0 Å². The standard InChI is InChI=1S/C12H13N.H2O4S/c1-2-9-13-12-8-7-10-5-3-4-6-11(10)12;1-5(2,3)4/h1,3-6,12-13H,7-9H2;(H2,1,2,3,4)/t12-;/m1./s1. The second-order valence-electron chi connectivity index (χ2n) is 3.82. The van der Waals surface area contributed by atoms with Crippen molar-refractivity contribution in [3.05, 3.63) is 35.4 Å². The number of benzene rings is 1. The molecular weight excluding hydrogens is 254 g/mol. The van der Waals surface area contributed by atoms with Gasteiger partial charge >= 0.3 is 10.4 Å². The molecule has 6 heteroatoms. The van der Waals surface area contributed by atoms with E-state index in [1.54, 1.807) is 0 Å². The van der Waals surface area contributed by atoms with Crippen LogP contribution in [0.2, 0.25) is 0 Å². The fraction of sp³-hybridized carbons (Fsp3) is 0.333. The van der Waals surface area contributed by atoms with Gasteiger partial charge in [0.2, 0.25) is 0 Å². The van der Waals surface area contributed by atoms with E-state index in [4.69, 9.17) is 23.9 Å². The third kappa shape index (κ3) is 5.29. The van der Waals surface area contributed by atoms with Gasteiger partial charge in [-0.1, -0.05) is 30.2 Å². The minimum absolute atomic E-state index is 0.479. The Morgan fingerprint density at radius 2 is 2.00 bits per heavy atom. The van der Waals surface area contributed by atoms with E-state index in [-0.39, 0.29) is 0 Å². The lowest BCUT2D eigenvalue weighted by Gasteiger charge is -2.10. The number of rotatable bonds is 2. The van der Waals surface area contributed by atoms with Crippen molar-refractivity contribution >= 4 is 10.4 Å². The fourth-order valence-electron chi connectivity index (χ4n) is 1.95. The van der Waals surface area contributed by atoms with Gasteiger partial charge in [-0.25, -0.2) is 0 Å². The van der Waals surface area contributed by atoms with Crippen molar-refractivity contribution in [2.45, 2.75) is 18.9 Å². The van der Waals surface area contributed by atoms with Gasteiger partial charge in [-0.3, -0.25) is 14.4 Å². The molecule has 98 valence electrons. The van der Waals surface area contributed by atoms with E-state index >= 15 is 0 Å². The quantitative estimate of drug-likeness (QED) is 0.555. The highest BCUT2D eigenvalue weighted by Gasteiger charge is 2.20. The van der Waals surface area contributed by atoms with Crippen molar-refractivity contribution in [2.24, 2.45) is 0 Å². The van der Waals surface area contributed by atoms with Gasteiger partial charge in [0.25, 0.3) is 0 Å². The Labute approximate surface area is 107 Å². The lowest BCUT2D eigenvalue weighted by atomic mass is 10.1. The van der Waals surface area contributed by atoms with E-state index in [9.17, 15) is 0 Å². The van der Waals surface area contributed by atoms with Crippen LogP contribution >= 0.6 is 0 Å². The summed E-state index contributed by atoms with van der Waals surface area (Å²) in [7, 11) is -4.67. The summed E-state index contributed by atoms with van der Waals surface area (Å²) in [4.78, 5) is 0. The average Bonchev–Trinajstić information content (AvgIpc) is 2.67. The van der Waals surface area contributed by atoms with Gasteiger partial charge in [0.15, 0.2) is 0 Å². The molecule has 0 saturated carbocycles. The first-order valence-electron chi connectivity index (χ1n) is 5.36. The van der Waals surface area contributed by atoms with Crippen LogP contribution in [0.5, 0.6) is 0 Å². The molecule has 1 aromatic carbocycles. The molecule has 0 aliphatic heterocycles. The zero-order chi connectivity index (χ0) is 13.6. The van der Waals surface area contributed by atoms with Gasteiger partial charge in [0, 0.05) is 6.04 Å². The monoisotopic (exact) mass is 269 g/mol. The molecule has 0 aromatic heterocycles. The Bertz CT molecular complexity index is 525. The van der Waals surface area contributed by atoms with E-state index in [0.717, 1.165) is 0 Å². The first kappa shape index (κ1) is 14.7. The van der Waals surface area contributed by atoms with Crippen LogP contribution in [0, 0.1) is 12.3 Å². The van der Waals surface area contributed by atoms with Crippen molar-refractivity contribution in [3.8, 4) is 12.3 Å². The molecule has 5 nitrogen and oxygen atoms in total. The predicted molar refractivity (Wildman–Crippen MR) is 68.5 cm³/mol. The molecule has 0 spiro atoms. The molecular formula is C12H15NO4S. The minimum atomic E-state index is -4.67. The van der Waals surface area contributed by atoms with E-state index in [2.05, 4.69) is 35.5 Å². The van der Waals surface area contributed by atoms with Crippen LogP contribution in [0.25, 0.3) is 0 Å². The molecule has 0 heterocycles. The molecule has 18 heavy (non-hydrogen) atoms. The molecule has 1 aliphatic carbocycles. The molecule has 0 amide bonds. The van der Waals surface area contributed by atoms with Gasteiger partial charge < -0.3 is 0 Å². The Balaban J connectivity index is 0.000000280. The lowest BCUT2D eigenvalue weighted by Crippen LogP contribution is -2.19. The number of nitrogens with one attached hydrogen (secondary N) is 1. The molecule has 3 N–H and O–H groups in total. The molecule has 0 fully saturated rings. The van der Waals surface area contributed by atoms with Gasteiger partial charge in [0.05, 0.1) is 6.54 Å². The van der Waals surface area contributed by atoms with Gasteiger partial charge in [0.1, 0.15) is 0 Å². The topological polar surface area (TPSA) is 86.6 Å².